The minimum Gasteiger partial charge on any atom is -0.483 e. The number of anilines is 1. The molecule has 0 bridgehead atoms. The number of halogens is 1. The van der Waals surface area contributed by atoms with E-state index in [-0.39, 0.29) is 18.6 Å². The highest BCUT2D eigenvalue weighted by atomic mass is 79.9. The Balaban J connectivity index is 1.59. The number of nitrogens with one attached hydrogen (secondary N) is 3. The molecule has 0 spiro atoms. The van der Waals surface area contributed by atoms with Crippen molar-refractivity contribution in [2.24, 2.45) is 5.10 Å². The zero-order chi connectivity index (χ0) is 22.4. The standard InChI is InChI=1S/C22H23BrN4O4/c1-13-4-3-5-14(2)20(13)26-19(28)12-31-18-9-6-16(23)10-15(18)11-24-27-22(30)21(29)25-17-7-8-17/h3-6,9-11,17H,7-8,12H2,1-2H3,(H,25,29)(H,26,28)(H,27,30)/b24-11-. The first-order valence-corrected chi connectivity index (χ1v) is 10.5. The minimum absolute atomic E-state index is 0.0851. The SMILES string of the molecule is Cc1cccc(C)c1NC(=O)COc1ccc(Br)cc1/C=N\NC(=O)C(=O)NC1CC1. The lowest BCUT2D eigenvalue weighted by molar-refractivity contribution is -0.139. The molecule has 0 atom stereocenters. The highest BCUT2D eigenvalue weighted by Crippen LogP contribution is 2.23. The molecule has 3 N–H and O–H groups in total. The van der Waals surface area contributed by atoms with Crippen molar-refractivity contribution in [1.82, 2.24) is 10.7 Å². The van der Waals surface area contributed by atoms with E-state index in [2.05, 4.69) is 37.1 Å². The van der Waals surface area contributed by atoms with Gasteiger partial charge in [-0.05, 0) is 56.0 Å². The second kappa shape index (κ2) is 10.2. The first kappa shape index (κ1) is 22.5. The maximum atomic E-state index is 12.4. The van der Waals surface area contributed by atoms with E-state index in [0.717, 1.165) is 34.1 Å². The van der Waals surface area contributed by atoms with Gasteiger partial charge < -0.3 is 15.4 Å². The summed E-state index contributed by atoms with van der Waals surface area (Å²) in [5.74, 6) is -1.45. The summed E-state index contributed by atoms with van der Waals surface area (Å²) in [7, 11) is 0. The molecule has 1 aliphatic rings. The molecule has 2 aromatic carbocycles. The molecule has 31 heavy (non-hydrogen) atoms. The van der Waals surface area contributed by atoms with E-state index in [4.69, 9.17) is 4.74 Å². The molecule has 0 heterocycles. The van der Waals surface area contributed by atoms with E-state index in [1.54, 1.807) is 18.2 Å². The number of para-hydroxylation sites is 1. The van der Waals surface area contributed by atoms with Crippen LogP contribution in [0.5, 0.6) is 5.75 Å². The quantitative estimate of drug-likeness (QED) is 0.317. The number of nitrogens with zero attached hydrogens (tertiary/aromatic N) is 1. The van der Waals surface area contributed by atoms with Gasteiger partial charge in [-0.15, -0.1) is 0 Å². The third kappa shape index (κ3) is 6.65. The molecule has 0 unspecified atom stereocenters. The number of amides is 3. The fourth-order valence-corrected chi connectivity index (χ4v) is 3.15. The van der Waals surface area contributed by atoms with Crippen LogP contribution in [0.15, 0.2) is 46.0 Å². The Kier molecular flexibility index (Phi) is 7.41. The number of aryl methyl sites for hydroxylation is 2. The second-order valence-corrected chi connectivity index (χ2v) is 8.15. The van der Waals surface area contributed by atoms with E-state index in [9.17, 15) is 14.4 Å². The number of hydrogen-bond donors (Lipinski definition) is 3. The zero-order valence-electron chi connectivity index (χ0n) is 17.2. The summed E-state index contributed by atoms with van der Waals surface area (Å²) >= 11 is 3.37. The molecule has 2 aromatic rings. The molecule has 3 amide bonds. The van der Waals surface area contributed by atoms with Crippen LogP contribution in [-0.4, -0.2) is 36.6 Å². The summed E-state index contributed by atoms with van der Waals surface area (Å²) in [5.41, 5.74) is 5.41. The van der Waals surface area contributed by atoms with Crippen LogP contribution in [0, 0.1) is 13.8 Å². The van der Waals surface area contributed by atoms with Crippen molar-refractivity contribution in [3.63, 3.8) is 0 Å². The largest absolute Gasteiger partial charge is 0.483 e. The monoisotopic (exact) mass is 486 g/mol. The molecule has 162 valence electrons. The number of hydrogen-bond acceptors (Lipinski definition) is 5. The van der Waals surface area contributed by atoms with Crippen molar-refractivity contribution in [2.45, 2.75) is 32.7 Å². The van der Waals surface area contributed by atoms with E-state index >= 15 is 0 Å². The minimum atomic E-state index is -0.839. The van der Waals surface area contributed by atoms with Crippen LogP contribution in [0.3, 0.4) is 0 Å². The number of hydrazone groups is 1. The summed E-state index contributed by atoms with van der Waals surface area (Å²) < 4.78 is 6.42. The summed E-state index contributed by atoms with van der Waals surface area (Å²) in [6, 6.07) is 11.0. The highest BCUT2D eigenvalue weighted by molar-refractivity contribution is 9.10. The molecule has 1 fully saturated rings. The Labute approximate surface area is 188 Å². The van der Waals surface area contributed by atoms with Crippen LogP contribution in [0.1, 0.15) is 29.5 Å². The molecule has 8 nitrogen and oxygen atoms in total. The third-order valence-corrected chi connectivity index (χ3v) is 5.06. The fraction of sp³-hybridized carbons (Fsp3) is 0.273. The molecule has 9 heteroatoms. The van der Waals surface area contributed by atoms with Crippen LogP contribution >= 0.6 is 15.9 Å². The first-order valence-electron chi connectivity index (χ1n) is 9.76. The number of carbonyl (C=O) groups excluding carboxylic acids is 3. The number of ether oxygens (including phenoxy) is 1. The van der Waals surface area contributed by atoms with Gasteiger partial charge in [0, 0.05) is 21.8 Å². The zero-order valence-corrected chi connectivity index (χ0v) is 18.8. The van der Waals surface area contributed by atoms with Gasteiger partial charge in [-0.1, -0.05) is 34.1 Å². The lowest BCUT2D eigenvalue weighted by Crippen LogP contribution is -2.38. The number of rotatable bonds is 7. The smallest absolute Gasteiger partial charge is 0.329 e. The lowest BCUT2D eigenvalue weighted by atomic mass is 10.1. The van der Waals surface area contributed by atoms with Gasteiger partial charge in [-0.3, -0.25) is 14.4 Å². The van der Waals surface area contributed by atoms with Gasteiger partial charge in [0.2, 0.25) is 0 Å². The Bertz CT molecular complexity index is 1010. The Morgan fingerprint density at radius 3 is 2.52 bits per heavy atom. The predicted octanol–water partition coefficient (Wildman–Crippen LogP) is 2.81. The Morgan fingerprint density at radius 2 is 1.84 bits per heavy atom. The van der Waals surface area contributed by atoms with Crippen molar-refractivity contribution in [1.29, 1.82) is 0 Å². The Morgan fingerprint density at radius 1 is 1.13 bits per heavy atom. The van der Waals surface area contributed by atoms with Gasteiger partial charge in [-0.2, -0.15) is 5.10 Å². The lowest BCUT2D eigenvalue weighted by Gasteiger charge is -2.13. The second-order valence-electron chi connectivity index (χ2n) is 7.23. The summed E-state index contributed by atoms with van der Waals surface area (Å²) in [4.78, 5) is 35.8. The van der Waals surface area contributed by atoms with Gasteiger partial charge in [0.25, 0.3) is 5.91 Å². The van der Waals surface area contributed by atoms with Crippen LogP contribution in [0.2, 0.25) is 0 Å². The number of benzene rings is 2. The van der Waals surface area contributed by atoms with Crippen LogP contribution < -0.4 is 20.8 Å². The van der Waals surface area contributed by atoms with Crippen molar-refractivity contribution in [3.05, 3.63) is 57.6 Å². The highest BCUT2D eigenvalue weighted by Gasteiger charge is 2.26. The van der Waals surface area contributed by atoms with Crippen molar-refractivity contribution < 1.29 is 19.1 Å². The molecular weight excluding hydrogens is 464 g/mol. The molecule has 1 saturated carbocycles. The first-order chi connectivity index (χ1) is 14.8. The molecular formula is C22H23BrN4O4. The van der Waals surface area contributed by atoms with Crippen molar-refractivity contribution in [3.8, 4) is 5.75 Å². The van der Waals surface area contributed by atoms with Crippen LogP contribution in [-0.2, 0) is 14.4 Å². The number of carbonyl (C=O) groups is 3. The van der Waals surface area contributed by atoms with Crippen molar-refractivity contribution >= 4 is 45.6 Å². The fourth-order valence-electron chi connectivity index (χ4n) is 2.77. The maximum Gasteiger partial charge on any atom is 0.329 e. The van der Waals surface area contributed by atoms with E-state index in [0.29, 0.717) is 11.3 Å². The average Bonchev–Trinajstić information content (AvgIpc) is 3.54. The van der Waals surface area contributed by atoms with E-state index in [1.165, 1.54) is 6.21 Å². The molecule has 3 rings (SSSR count). The van der Waals surface area contributed by atoms with Gasteiger partial charge >= 0.3 is 11.8 Å². The maximum absolute atomic E-state index is 12.4. The topological polar surface area (TPSA) is 109 Å². The average molecular weight is 487 g/mol. The summed E-state index contributed by atoms with van der Waals surface area (Å²) in [6.07, 6.45) is 3.13. The van der Waals surface area contributed by atoms with Gasteiger partial charge in [0.15, 0.2) is 6.61 Å². The Hall–Kier alpha value is -3.20. The van der Waals surface area contributed by atoms with Crippen molar-refractivity contribution in [2.75, 3.05) is 11.9 Å². The van der Waals surface area contributed by atoms with Crippen LogP contribution in [0.25, 0.3) is 0 Å². The summed E-state index contributed by atoms with van der Waals surface area (Å²) in [6.45, 7) is 3.64. The molecule has 1 aliphatic carbocycles. The van der Waals surface area contributed by atoms with Crippen LogP contribution in [0.4, 0.5) is 5.69 Å². The third-order valence-electron chi connectivity index (χ3n) is 4.56. The predicted molar refractivity (Wildman–Crippen MR) is 121 cm³/mol. The van der Waals surface area contributed by atoms with E-state index < -0.39 is 11.8 Å². The van der Waals surface area contributed by atoms with Gasteiger partial charge in [0.1, 0.15) is 5.75 Å². The van der Waals surface area contributed by atoms with Gasteiger partial charge in [0.05, 0.1) is 6.21 Å². The van der Waals surface area contributed by atoms with E-state index in [1.807, 2.05) is 32.0 Å². The normalized spacial score (nSPS) is 13.0. The van der Waals surface area contributed by atoms with Gasteiger partial charge in [-0.25, -0.2) is 5.43 Å². The molecule has 0 aromatic heterocycles. The molecule has 0 aliphatic heterocycles. The molecule has 0 saturated heterocycles. The molecule has 0 radical (unpaired) electrons. The summed E-state index contributed by atoms with van der Waals surface area (Å²) in [5, 5.41) is 9.27.